The minimum absolute atomic E-state index is 0.0212. The number of fused-ring (bicyclic) bond motifs is 6. The summed E-state index contributed by atoms with van der Waals surface area (Å²) in [5, 5.41) is 5.00. The Bertz CT molecular complexity index is 3350. The van der Waals surface area contributed by atoms with Crippen molar-refractivity contribution in [2.45, 2.75) is 52.4 Å². The summed E-state index contributed by atoms with van der Waals surface area (Å²) < 4.78 is 2.52. The third-order valence-corrected chi connectivity index (χ3v) is 15.2. The molecule has 1 aromatic heterocycles. The van der Waals surface area contributed by atoms with Crippen LogP contribution in [0.5, 0.6) is 0 Å². The Morgan fingerprint density at radius 1 is 0.381 bits per heavy atom. The lowest BCUT2D eigenvalue weighted by atomic mass is 9.59. The van der Waals surface area contributed by atoms with Gasteiger partial charge in [0.15, 0.2) is 0 Å². The number of hydrogen-bond acceptors (Lipinski definition) is 1. The van der Waals surface area contributed by atoms with Crippen molar-refractivity contribution in [3.05, 3.63) is 217 Å². The number of nitrogens with zero attached hydrogens (tertiary/aromatic N) is 2. The first kappa shape index (κ1) is 38.7. The molecule has 11 rings (SSSR count). The molecule has 9 aromatic carbocycles. The van der Waals surface area contributed by atoms with Gasteiger partial charge in [0.1, 0.15) is 0 Å². The van der Waals surface area contributed by atoms with Crippen molar-refractivity contribution in [1.29, 1.82) is 0 Å². The molecule has 2 heteroatoms. The Kier molecular flexibility index (Phi) is 8.89. The molecule has 2 nitrogen and oxygen atoms in total. The van der Waals surface area contributed by atoms with Crippen LogP contribution in [0, 0.1) is 5.41 Å². The standard InChI is InChI=1S/C61H52N2/c1-59(2)55-29-17-28-51(57(55)60(3,4)61(59,5)6)46-22-16-26-50(39-46)63-56-40-45(33-36-53(56)54-37-32-43-20-13-14-27-52(43)58(54)63)44-21-15-25-49(38-44)62(47-23-11-8-12-24-47)48-34-30-42(31-35-48)41-18-9-7-10-19-41/h7-40H,1-6H3. The average Bonchev–Trinajstić information content (AvgIpc) is 3.71. The van der Waals surface area contributed by atoms with E-state index < -0.39 is 0 Å². The SMILES string of the molecule is CC1(C)c2cccc(-c3cccc(-n4c5cc(-c6cccc(N(c7ccccc7)c7ccc(-c8ccccc8)cc7)c6)ccc5c5ccc6ccccc6c54)c3)c2C(C)(C)C1(C)C. The van der Waals surface area contributed by atoms with E-state index in [1.807, 2.05) is 0 Å². The molecule has 0 bridgehead atoms. The van der Waals surface area contributed by atoms with Crippen molar-refractivity contribution in [3.63, 3.8) is 0 Å². The largest absolute Gasteiger partial charge is 0.310 e. The van der Waals surface area contributed by atoms with Gasteiger partial charge in [-0.25, -0.2) is 0 Å². The summed E-state index contributed by atoms with van der Waals surface area (Å²) in [6, 6.07) is 75.9. The van der Waals surface area contributed by atoms with Crippen LogP contribution in [0.25, 0.3) is 71.6 Å². The third kappa shape index (κ3) is 5.99. The summed E-state index contributed by atoms with van der Waals surface area (Å²) in [7, 11) is 0. The van der Waals surface area contributed by atoms with Crippen LogP contribution >= 0.6 is 0 Å². The van der Waals surface area contributed by atoms with E-state index in [9.17, 15) is 0 Å². The van der Waals surface area contributed by atoms with Crippen LogP contribution in [0.4, 0.5) is 17.1 Å². The predicted molar refractivity (Wildman–Crippen MR) is 269 cm³/mol. The molecule has 0 radical (unpaired) electrons. The number of rotatable bonds is 7. The molecule has 0 spiro atoms. The molecule has 0 N–H and O–H groups in total. The lowest BCUT2D eigenvalue weighted by Crippen LogP contribution is -2.42. The summed E-state index contributed by atoms with van der Waals surface area (Å²) >= 11 is 0. The molecule has 0 saturated heterocycles. The van der Waals surface area contributed by atoms with Crippen LogP contribution in [-0.2, 0) is 10.8 Å². The summed E-state index contributed by atoms with van der Waals surface area (Å²) in [5.74, 6) is 0. The van der Waals surface area contributed by atoms with Crippen LogP contribution in [0.2, 0.25) is 0 Å². The number of anilines is 3. The highest BCUT2D eigenvalue weighted by molar-refractivity contribution is 6.19. The van der Waals surface area contributed by atoms with Crippen molar-refractivity contribution < 1.29 is 0 Å². The second-order valence-corrected chi connectivity index (χ2v) is 19.0. The van der Waals surface area contributed by atoms with Crippen LogP contribution < -0.4 is 4.90 Å². The quantitative estimate of drug-likeness (QED) is 0.156. The van der Waals surface area contributed by atoms with Gasteiger partial charge in [0, 0.05) is 38.9 Å². The van der Waals surface area contributed by atoms with E-state index in [0.29, 0.717) is 0 Å². The molecule has 0 amide bonds. The van der Waals surface area contributed by atoms with Crippen molar-refractivity contribution in [3.8, 4) is 39.1 Å². The third-order valence-electron chi connectivity index (χ3n) is 15.2. The van der Waals surface area contributed by atoms with E-state index in [-0.39, 0.29) is 16.2 Å². The predicted octanol–water partition coefficient (Wildman–Crippen LogP) is 17.0. The molecule has 1 aliphatic carbocycles. The minimum Gasteiger partial charge on any atom is -0.310 e. The summed E-state index contributed by atoms with van der Waals surface area (Å²) in [4.78, 5) is 2.36. The minimum atomic E-state index is -0.0212. The van der Waals surface area contributed by atoms with Crippen molar-refractivity contribution in [2.75, 3.05) is 4.90 Å². The molecule has 306 valence electrons. The molecule has 63 heavy (non-hydrogen) atoms. The van der Waals surface area contributed by atoms with E-state index in [2.05, 4.69) is 257 Å². The molecule has 1 aliphatic rings. The Balaban J connectivity index is 1.08. The second kappa shape index (κ2) is 14.5. The fourth-order valence-corrected chi connectivity index (χ4v) is 10.7. The molecular weight excluding hydrogens is 761 g/mol. The van der Waals surface area contributed by atoms with Gasteiger partial charge in [-0.1, -0.05) is 193 Å². The van der Waals surface area contributed by atoms with E-state index in [4.69, 9.17) is 0 Å². The van der Waals surface area contributed by atoms with Gasteiger partial charge in [-0.15, -0.1) is 0 Å². The fraction of sp³-hybridized carbons (Fsp3) is 0.148. The van der Waals surface area contributed by atoms with Gasteiger partial charge in [-0.05, 0) is 121 Å². The van der Waals surface area contributed by atoms with E-state index in [0.717, 1.165) is 22.7 Å². The summed E-state index contributed by atoms with van der Waals surface area (Å²) in [6.45, 7) is 14.7. The van der Waals surface area contributed by atoms with Gasteiger partial charge < -0.3 is 9.47 Å². The van der Waals surface area contributed by atoms with Crippen molar-refractivity contribution >= 4 is 49.6 Å². The van der Waals surface area contributed by atoms with Gasteiger partial charge in [0.05, 0.1) is 11.0 Å². The summed E-state index contributed by atoms with van der Waals surface area (Å²) in [6.07, 6.45) is 0. The average molecular weight is 813 g/mol. The number of para-hydroxylation sites is 1. The second-order valence-electron chi connectivity index (χ2n) is 19.0. The zero-order chi connectivity index (χ0) is 43.1. The first-order chi connectivity index (χ1) is 30.5. The zero-order valence-corrected chi connectivity index (χ0v) is 37.0. The van der Waals surface area contributed by atoms with Gasteiger partial charge in [0.2, 0.25) is 0 Å². The van der Waals surface area contributed by atoms with Crippen LogP contribution in [-0.4, -0.2) is 4.57 Å². The van der Waals surface area contributed by atoms with Crippen molar-refractivity contribution in [2.24, 2.45) is 5.41 Å². The van der Waals surface area contributed by atoms with Gasteiger partial charge >= 0.3 is 0 Å². The lowest BCUT2D eigenvalue weighted by molar-refractivity contribution is 0.125. The Hall–Kier alpha value is -7.16. The van der Waals surface area contributed by atoms with Crippen molar-refractivity contribution in [1.82, 2.24) is 4.57 Å². The van der Waals surface area contributed by atoms with Crippen LogP contribution in [0.1, 0.15) is 52.7 Å². The van der Waals surface area contributed by atoms with Gasteiger partial charge in [-0.2, -0.15) is 0 Å². The van der Waals surface area contributed by atoms with E-state index in [1.165, 1.54) is 77.1 Å². The Labute approximate surface area is 371 Å². The topological polar surface area (TPSA) is 8.17 Å². The normalized spacial score (nSPS) is 14.9. The maximum atomic E-state index is 2.52. The van der Waals surface area contributed by atoms with Crippen LogP contribution in [0.15, 0.2) is 206 Å². The summed E-state index contributed by atoms with van der Waals surface area (Å²) in [5.41, 5.74) is 17.3. The van der Waals surface area contributed by atoms with Gasteiger partial charge in [0.25, 0.3) is 0 Å². The molecule has 0 unspecified atom stereocenters. The highest BCUT2D eigenvalue weighted by Gasteiger charge is 2.57. The fourth-order valence-electron chi connectivity index (χ4n) is 10.7. The Morgan fingerprint density at radius 2 is 0.968 bits per heavy atom. The van der Waals surface area contributed by atoms with E-state index in [1.54, 1.807) is 0 Å². The maximum absolute atomic E-state index is 2.52. The Morgan fingerprint density at radius 3 is 1.76 bits per heavy atom. The van der Waals surface area contributed by atoms with Crippen LogP contribution in [0.3, 0.4) is 0 Å². The number of aromatic nitrogens is 1. The molecule has 0 saturated carbocycles. The monoisotopic (exact) mass is 812 g/mol. The first-order valence-corrected chi connectivity index (χ1v) is 22.3. The molecule has 0 aliphatic heterocycles. The van der Waals surface area contributed by atoms with E-state index >= 15 is 0 Å². The molecule has 10 aromatic rings. The molecule has 0 atom stereocenters. The highest BCUT2D eigenvalue weighted by atomic mass is 15.1. The molecule has 0 fully saturated rings. The van der Waals surface area contributed by atoms with Gasteiger partial charge in [-0.3, -0.25) is 0 Å². The lowest BCUT2D eigenvalue weighted by Gasteiger charge is -2.44. The highest BCUT2D eigenvalue weighted by Crippen LogP contribution is 2.63. The molecule has 1 heterocycles. The zero-order valence-electron chi connectivity index (χ0n) is 37.0. The number of benzene rings is 9. The maximum Gasteiger partial charge on any atom is 0.0619 e. The molecular formula is C61H52N2. The smallest absolute Gasteiger partial charge is 0.0619 e. The number of hydrogen-bond donors (Lipinski definition) is 0. The first-order valence-electron chi connectivity index (χ1n) is 22.3.